The summed E-state index contributed by atoms with van der Waals surface area (Å²) >= 11 is 0. The normalized spacial score (nSPS) is 11.3. The summed E-state index contributed by atoms with van der Waals surface area (Å²) < 4.78 is 7.49. The number of nitrogens with zero attached hydrogens (tertiary/aromatic N) is 2. The number of aromatic nitrogens is 2. The fraction of sp³-hybridized carbons (Fsp3) is 0.143. The molecule has 4 aromatic rings. The number of fused-ring (bicyclic) bond motifs is 3. The highest BCUT2D eigenvalue weighted by Crippen LogP contribution is 2.33. The first kappa shape index (κ1) is 16.3. The van der Waals surface area contributed by atoms with E-state index < -0.39 is 5.91 Å². The number of amides is 1. The molecule has 2 N–H and O–H groups in total. The highest BCUT2D eigenvalue weighted by molar-refractivity contribution is 6.17. The molecule has 0 saturated heterocycles. The van der Waals surface area contributed by atoms with E-state index in [-0.39, 0.29) is 0 Å². The van der Waals surface area contributed by atoms with Gasteiger partial charge in [-0.15, -0.1) is 0 Å². The maximum Gasteiger partial charge on any atom is 0.249 e. The third kappa shape index (κ3) is 2.72. The van der Waals surface area contributed by atoms with Crippen LogP contribution in [0.3, 0.4) is 0 Å². The molecule has 130 valence electrons. The van der Waals surface area contributed by atoms with Gasteiger partial charge in [-0.1, -0.05) is 18.2 Å². The molecule has 4 rings (SSSR count). The smallest absolute Gasteiger partial charge is 0.249 e. The van der Waals surface area contributed by atoms with Crippen LogP contribution in [-0.2, 0) is 17.9 Å². The van der Waals surface area contributed by atoms with Crippen LogP contribution in [-0.4, -0.2) is 22.6 Å². The summed E-state index contributed by atoms with van der Waals surface area (Å²) in [6, 6.07) is 15.9. The maximum atomic E-state index is 12.0. The molecular formula is C21H19N3O2. The van der Waals surface area contributed by atoms with Crippen molar-refractivity contribution in [2.75, 3.05) is 7.11 Å². The molecule has 0 aliphatic rings. The van der Waals surface area contributed by atoms with Crippen molar-refractivity contribution >= 4 is 27.7 Å². The van der Waals surface area contributed by atoms with Gasteiger partial charge in [-0.2, -0.15) is 0 Å². The third-order valence-electron chi connectivity index (χ3n) is 4.62. The molecule has 0 bridgehead atoms. The Kier molecular flexibility index (Phi) is 4.14. The van der Waals surface area contributed by atoms with Gasteiger partial charge in [-0.05, 0) is 41.5 Å². The van der Waals surface area contributed by atoms with Crippen LogP contribution >= 0.6 is 0 Å². The second-order valence-corrected chi connectivity index (χ2v) is 6.29. The summed E-state index contributed by atoms with van der Waals surface area (Å²) in [5, 5.41) is 1.91. The lowest BCUT2D eigenvalue weighted by molar-refractivity contribution is 0.100. The number of hydrogen-bond acceptors (Lipinski definition) is 3. The monoisotopic (exact) mass is 345 g/mol. The molecule has 5 nitrogen and oxygen atoms in total. The van der Waals surface area contributed by atoms with E-state index in [1.54, 1.807) is 25.6 Å². The number of hydrogen-bond donors (Lipinski definition) is 1. The van der Waals surface area contributed by atoms with Crippen LogP contribution in [0.15, 0.2) is 60.9 Å². The minimum atomic E-state index is -0.417. The zero-order chi connectivity index (χ0) is 18.1. The molecule has 0 aliphatic heterocycles. The topological polar surface area (TPSA) is 70.1 Å². The Morgan fingerprint density at radius 3 is 2.62 bits per heavy atom. The van der Waals surface area contributed by atoms with Crippen molar-refractivity contribution in [3.63, 3.8) is 0 Å². The molecular weight excluding hydrogens is 326 g/mol. The number of methoxy groups -OCH3 is 1. The van der Waals surface area contributed by atoms with Gasteiger partial charge in [-0.25, -0.2) is 0 Å². The Bertz CT molecular complexity index is 1100. The Hall–Kier alpha value is -3.18. The molecule has 1 amide bonds. The van der Waals surface area contributed by atoms with Gasteiger partial charge in [0.2, 0.25) is 5.91 Å². The number of carbonyl (C=O) groups is 1. The Balaban J connectivity index is 2.03. The van der Waals surface area contributed by atoms with Crippen molar-refractivity contribution in [2.24, 2.45) is 5.73 Å². The second kappa shape index (κ2) is 6.61. The van der Waals surface area contributed by atoms with Gasteiger partial charge in [0.1, 0.15) is 0 Å². The van der Waals surface area contributed by atoms with Crippen molar-refractivity contribution in [3.05, 3.63) is 77.6 Å². The number of ether oxygens (including phenoxy) is 1. The molecule has 0 atom stereocenters. The molecule has 5 heteroatoms. The molecule has 2 aromatic heterocycles. The predicted octanol–water partition coefficient (Wildman–Crippen LogP) is 3.48. The van der Waals surface area contributed by atoms with E-state index in [2.05, 4.69) is 15.6 Å². The average Bonchev–Trinajstić information content (AvgIpc) is 2.96. The quantitative estimate of drug-likeness (QED) is 0.602. The SMILES string of the molecule is COCc1ccc2c3c(C(N)=O)cccc3n(Cc3ccncc3)c2c1. The van der Waals surface area contributed by atoms with Crippen LogP contribution in [0.4, 0.5) is 0 Å². The molecule has 0 aliphatic carbocycles. The lowest BCUT2D eigenvalue weighted by Gasteiger charge is -2.09. The number of primary amides is 1. The summed E-state index contributed by atoms with van der Waals surface area (Å²) in [7, 11) is 1.68. The van der Waals surface area contributed by atoms with Crippen LogP contribution < -0.4 is 5.73 Å². The van der Waals surface area contributed by atoms with Gasteiger partial charge in [0.05, 0.1) is 12.1 Å². The van der Waals surface area contributed by atoms with E-state index in [9.17, 15) is 4.79 Å². The second-order valence-electron chi connectivity index (χ2n) is 6.29. The number of benzene rings is 2. The van der Waals surface area contributed by atoms with Crippen LogP contribution in [0.5, 0.6) is 0 Å². The molecule has 0 spiro atoms. The molecule has 0 saturated carbocycles. The van der Waals surface area contributed by atoms with Crippen molar-refractivity contribution in [2.45, 2.75) is 13.2 Å². The number of pyridine rings is 1. The largest absolute Gasteiger partial charge is 0.380 e. The van der Waals surface area contributed by atoms with Gasteiger partial charge in [0.25, 0.3) is 0 Å². The van der Waals surface area contributed by atoms with Crippen LogP contribution in [0.1, 0.15) is 21.5 Å². The summed E-state index contributed by atoms with van der Waals surface area (Å²) in [5.74, 6) is -0.417. The summed E-state index contributed by atoms with van der Waals surface area (Å²) in [5.41, 5.74) is 10.4. The Labute approximate surface area is 151 Å². The summed E-state index contributed by atoms with van der Waals surface area (Å²) in [6.45, 7) is 1.22. The van der Waals surface area contributed by atoms with Gasteiger partial charge < -0.3 is 15.0 Å². The van der Waals surface area contributed by atoms with Crippen molar-refractivity contribution in [3.8, 4) is 0 Å². The summed E-state index contributed by atoms with van der Waals surface area (Å²) in [4.78, 5) is 16.1. The Morgan fingerprint density at radius 2 is 1.88 bits per heavy atom. The fourth-order valence-corrected chi connectivity index (χ4v) is 3.49. The van der Waals surface area contributed by atoms with Crippen molar-refractivity contribution < 1.29 is 9.53 Å². The molecule has 0 radical (unpaired) electrons. The van der Waals surface area contributed by atoms with Crippen LogP contribution in [0, 0.1) is 0 Å². The van der Waals surface area contributed by atoms with E-state index in [0.717, 1.165) is 32.9 Å². The lowest BCUT2D eigenvalue weighted by Crippen LogP contribution is -2.11. The highest BCUT2D eigenvalue weighted by Gasteiger charge is 2.16. The first-order valence-electron chi connectivity index (χ1n) is 8.40. The van der Waals surface area contributed by atoms with Crippen LogP contribution in [0.25, 0.3) is 21.8 Å². The highest BCUT2D eigenvalue weighted by atomic mass is 16.5. The first-order chi connectivity index (χ1) is 12.7. The fourth-order valence-electron chi connectivity index (χ4n) is 3.49. The molecule has 26 heavy (non-hydrogen) atoms. The van der Waals surface area contributed by atoms with E-state index in [0.29, 0.717) is 18.7 Å². The van der Waals surface area contributed by atoms with E-state index in [1.165, 1.54) is 0 Å². The zero-order valence-corrected chi connectivity index (χ0v) is 14.5. The van der Waals surface area contributed by atoms with E-state index in [1.807, 2.05) is 36.4 Å². The van der Waals surface area contributed by atoms with Gasteiger partial charge in [0, 0.05) is 47.9 Å². The van der Waals surface area contributed by atoms with Gasteiger partial charge >= 0.3 is 0 Å². The van der Waals surface area contributed by atoms with E-state index in [4.69, 9.17) is 10.5 Å². The van der Waals surface area contributed by atoms with Gasteiger partial charge in [-0.3, -0.25) is 9.78 Å². The molecule has 0 fully saturated rings. The minimum absolute atomic E-state index is 0.417. The average molecular weight is 345 g/mol. The molecule has 2 heterocycles. The minimum Gasteiger partial charge on any atom is -0.380 e. The zero-order valence-electron chi connectivity index (χ0n) is 14.5. The molecule has 0 unspecified atom stereocenters. The van der Waals surface area contributed by atoms with E-state index >= 15 is 0 Å². The molecule has 2 aromatic carbocycles. The van der Waals surface area contributed by atoms with Crippen molar-refractivity contribution in [1.82, 2.24) is 9.55 Å². The third-order valence-corrected chi connectivity index (χ3v) is 4.62. The van der Waals surface area contributed by atoms with Gasteiger partial charge in [0.15, 0.2) is 0 Å². The number of rotatable bonds is 5. The predicted molar refractivity (Wildman–Crippen MR) is 102 cm³/mol. The Morgan fingerprint density at radius 1 is 1.08 bits per heavy atom. The first-order valence-corrected chi connectivity index (χ1v) is 8.40. The van der Waals surface area contributed by atoms with Crippen molar-refractivity contribution in [1.29, 1.82) is 0 Å². The number of carbonyl (C=O) groups excluding carboxylic acids is 1. The lowest BCUT2D eigenvalue weighted by atomic mass is 10.0. The van der Waals surface area contributed by atoms with Crippen LogP contribution in [0.2, 0.25) is 0 Å². The maximum absolute atomic E-state index is 12.0. The number of nitrogens with two attached hydrogens (primary N) is 1. The summed E-state index contributed by atoms with van der Waals surface area (Å²) in [6.07, 6.45) is 3.57. The standard InChI is InChI=1S/C21H19N3O2/c1-26-13-15-5-6-16-19(11-15)24(12-14-7-9-23-10-8-14)18-4-2-3-17(20(16)18)21(22)25/h2-11H,12-13H2,1H3,(H2,22,25).